The van der Waals surface area contributed by atoms with Crippen molar-refractivity contribution in [3.8, 4) is 62.1 Å². The van der Waals surface area contributed by atoms with Crippen LogP contribution in [-0.4, -0.2) is 19.5 Å². The second kappa shape index (κ2) is 15.0. The first-order chi connectivity index (χ1) is 32.2. The van der Waals surface area contributed by atoms with Gasteiger partial charge in [0.1, 0.15) is 0 Å². The van der Waals surface area contributed by atoms with Crippen molar-refractivity contribution in [3.63, 3.8) is 0 Å². The van der Waals surface area contributed by atoms with Crippen molar-refractivity contribution >= 4 is 64.9 Å². The molecule has 0 bridgehead atoms. The molecule has 13 rings (SSSR count). The van der Waals surface area contributed by atoms with Crippen LogP contribution in [0.2, 0.25) is 0 Å². The summed E-state index contributed by atoms with van der Waals surface area (Å²) in [6.07, 6.45) is 0. The SMILES string of the molecule is c1ccc(-c2nc(-c3ccccc3)nc(-c3cccc(-c4ccc5c(c4)c4ccccc4c4cccc(-c6ccc7c8ccccc8n(-c8ccc9ccccc9c8)c7c6)c45)c3)n2)cc1. The second-order valence-corrected chi connectivity index (χ2v) is 16.8. The van der Waals surface area contributed by atoms with E-state index in [4.69, 9.17) is 15.0 Å². The molecule has 0 spiro atoms. The van der Waals surface area contributed by atoms with E-state index in [1.54, 1.807) is 0 Å². The lowest BCUT2D eigenvalue weighted by Gasteiger charge is -2.16. The van der Waals surface area contributed by atoms with Crippen LogP contribution in [0.15, 0.2) is 231 Å². The molecule has 65 heavy (non-hydrogen) atoms. The Morgan fingerprint density at radius 2 is 0.785 bits per heavy atom. The molecule has 0 aliphatic rings. The normalized spacial score (nSPS) is 11.7. The molecule has 0 saturated heterocycles. The first kappa shape index (κ1) is 36.9. The number of para-hydroxylation sites is 1. The monoisotopic (exact) mass is 826 g/mol. The first-order valence-electron chi connectivity index (χ1n) is 22.1. The molecular formula is C61H38N4. The van der Waals surface area contributed by atoms with Gasteiger partial charge in [-0.2, -0.15) is 0 Å². The number of fused-ring (bicyclic) bond motifs is 10. The number of rotatable bonds is 6. The van der Waals surface area contributed by atoms with Gasteiger partial charge in [-0.25, -0.2) is 15.0 Å². The minimum atomic E-state index is 0.637. The Balaban J connectivity index is 0.981. The smallest absolute Gasteiger partial charge is 0.164 e. The molecule has 13 aromatic rings. The zero-order valence-electron chi connectivity index (χ0n) is 35.2. The van der Waals surface area contributed by atoms with E-state index < -0.39 is 0 Å². The fourth-order valence-corrected chi connectivity index (χ4v) is 9.93. The molecule has 0 fully saturated rings. The molecule has 0 atom stereocenters. The Hall–Kier alpha value is -8.73. The molecule has 4 heteroatoms. The summed E-state index contributed by atoms with van der Waals surface area (Å²) >= 11 is 0. The fraction of sp³-hybridized carbons (Fsp3) is 0. The minimum Gasteiger partial charge on any atom is -0.309 e. The van der Waals surface area contributed by atoms with Gasteiger partial charge in [0, 0.05) is 33.2 Å². The summed E-state index contributed by atoms with van der Waals surface area (Å²) in [5.41, 5.74) is 11.0. The van der Waals surface area contributed by atoms with E-state index in [-0.39, 0.29) is 0 Å². The number of hydrogen-bond acceptors (Lipinski definition) is 3. The maximum atomic E-state index is 5.04. The van der Waals surface area contributed by atoms with Crippen molar-refractivity contribution in [1.29, 1.82) is 0 Å². The van der Waals surface area contributed by atoms with Crippen molar-refractivity contribution in [1.82, 2.24) is 19.5 Å². The molecule has 0 unspecified atom stereocenters. The molecular weight excluding hydrogens is 789 g/mol. The fourth-order valence-electron chi connectivity index (χ4n) is 9.93. The van der Waals surface area contributed by atoms with E-state index in [0.717, 1.165) is 33.5 Å². The predicted molar refractivity (Wildman–Crippen MR) is 271 cm³/mol. The Bertz CT molecular complexity index is 3940. The quantitative estimate of drug-likeness (QED) is 0.157. The summed E-state index contributed by atoms with van der Waals surface area (Å²) in [6.45, 7) is 0. The zero-order valence-corrected chi connectivity index (χ0v) is 35.2. The summed E-state index contributed by atoms with van der Waals surface area (Å²) in [6, 6.07) is 82.6. The lowest BCUT2D eigenvalue weighted by molar-refractivity contribution is 1.07. The highest BCUT2D eigenvalue weighted by Gasteiger charge is 2.18. The van der Waals surface area contributed by atoms with Gasteiger partial charge in [0.15, 0.2) is 17.5 Å². The van der Waals surface area contributed by atoms with Gasteiger partial charge in [0.05, 0.1) is 11.0 Å². The van der Waals surface area contributed by atoms with Gasteiger partial charge in [-0.3, -0.25) is 0 Å². The van der Waals surface area contributed by atoms with Gasteiger partial charge in [-0.1, -0.05) is 194 Å². The summed E-state index contributed by atoms with van der Waals surface area (Å²) < 4.78 is 2.43. The van der Waals surface area contributed by atoms with Gasteiger partial charge in [-0.15, -0.1) is 0 Å². The summed E-state index contributed by atoms with van der Waals surface area (Å²) in [7, 11) is 0. The van der Waals surface area contributed by atoms with Gasteiger partial charge in [0.2, 0.25) is 0 Å². The van der Waals surface area contributed by atoms with E-state index in [1.165, 1.54) is 76.0 Å². The average Bonchev–Trinajstić information content (AvgIpc) is 3.72. The van der Waals surface area contributed by atoms with Crippen molar-refractivity contribution in [2.24, 2.45) is 0 Å². The lowest BCUT2D eigenvalue weighted by atomic mass is 9.88. The van der Waals surface area contributed by atoms with Crippen LogP contribution in [0.25, 0.3) is 127 Å². The Morgan fingerprint density at radius 1 is 0.262 bits per heavy atom. The van der Waals surface area contributed by atoms with E-state index in [9.17, 15) is 0 Å². The Labute approximate surface area is 375 Å². The van der Waals surface area contributed by atoms with E-state index in [1.807, 2.05) is 60.7 Å². The van der Waals surface area contributed by atoms with Crippen molar-refractivity contribution in [3.05, 3.63) is 231 Å². The number of benzene rings is 11. The molecule has 302 valence electrons. The Kier molecular flexibility index (Phi) is 8.50. The molecule has 11 aromatic carbocycles. The molecule has 0 radical (unpaired) electrons. The molecule has 0 aliphatic carbocycles. The summed E-state index contributed by atoms with van der Waals surface area (Å²) in [4.78, 5) is 15.0. The van der Waals surface area contributed by atoms with Crippen LogP contribution in [0.4, 0.5) is 0 Å². The standard InChI is InChI=1S/C61H38N4/c1-3-16-40(17-4-1)59-62-60(41-18-5-2-6-19-41)64-61(63-59)46-22-13-21-42(35-46)44-30-34-54-55(37-44)50-24-10-9-23-49(50)53-27-14-26-48(58(53)54)45-31-33-52-51-25-11-12-28-56(51)65(57(52)38-45)47-32-29-39-15-7-8-20-43(39)36-47/h1-38H. The van der Waals surface area contributed by atoms with Crippen molar-refractivity contribution < 1.29 is 0 Å². The Morgan fingerprint density at radius 3 is 1.55 bits per heavy atom. The highest BCUT2D eigenvalue weighted by atomic mass is 15.0. The zero-order chi connectivity index (χ0) is 42.8. The first-order valence-corrected chi connectivity index (χ1v) is 22.1. The summed E-state index contributed by atoms with van der Waals surface area (Å²) in [5.74, 6) is 1.93. The third-order valence-electron chi connectivity index (χ3n) is 13.0. The van der Waals surface area contributed by atoms with Crippen LogP contribution in [0.5, 0.6) is 0 Å². The van der Waals surface area contributed by atoms with Gasteiger partial charge < -0.3 is 4.57 Å². The van der Waals surface area contributed by atoms with Crippen LogP contribution >= 0.6 is 0 Å². The number of aromatic nitrogens is 4. The van der Waals surface area contributed by atoms with Crippen LogP contribution in [0, 0.1) is 0 Å². The molecule has 2 aromatic heterocycles. The molecule has 0 saturated carbocycles. The topological polar surface area (TPSA) is 43.6 Å². The van der Waals surface area contributed by atoms with Gasteiger partial charge in [-0.05, 0) is 102 Å². The average molecular weight is 827 g/mol. The maximum absolute atomic E-state index is 5.04. The highest BCUT2D eigenvalue weighted by Crippen LogP contribution is 2.43. The molecule has 2 heterocycles. The third kappa shape index (κ3) is 6.18. The minimum absolute atomic E-state index is 0.637. The van der Waals surface area contributed by atoms with Crippen LogP contribution in [-0.2, 0) is 0 Å². The van der Waals surface area contributed by atoms with Gasteiger partial charge in [0.25, 0.3) is 0 Å². The van der Waals surface area contributed by atoms with E-state index in [2.05, 4.69) is 174 Å². The molecule has 0 N–H and O–H groups in total. The number of hydrogen-bond donors (Lipinski definition) is 0. The van der Waals surface area contributed by atoms with Crippen LogP contribution < -0.4 is 0 Å². The molecule has 0 amide bonds. The largest absolute Gasteiger partial charge is 0.309 e. The van der Waals surface area contributed by atoms with Crippen LogP contribution in [0.1, 0.15) is 0 Å². The molecule has 0 aliphatic heterocycles. The maximum Gasteiger partial charge on any atom is 0.164 e. The second-order valence-electron chi connectivity index (χ2n) is 16.8. The third-order valence-corrected chi connectivity index (χ3v) is 13.0. The van der Waals surface area contributed by atoms with Crippen LogP contribution in [0.3, 0.4) is 0 Å². The van der Waals surface area contributed by atoms with Crippen molar-refractivity contribution in [2.45, 2.75) is 0 Å². The molecule has 4 nitrogen and oxygen atoms in total. The van der Waals surface area contributed by atoms with E-state index in [0.29, 0.717) is 17.5 Å². The highest BCUT2D eigenvalue weighted by molar-refractivity contribution is 6.29. The van der Waals surface area contributed by atoms with Crippen molar-refractivity contribution in [2.75, 3.05) is 0 Å². The predicted octanol–water partition coefficient (Wildman–Crippen LogP) is 15.9. The summed E-state index contributed by atoms with van der Waals surface area (Å²) in [5, 5.41) is 12.4. The lowest BCUT2D eigenvalue weighted by Crippen LogP contribution is -2.00. The van der Waals surface area contributed by atoms with E-state index >= 15 is 0 Å². The number of nitrogens with zero attached hydrogens (tertiary/aromatic N) is 4. The van der Waals surface area contributed by atoms with Gasteiger partial charge >= 0.3 is 0 Å².